The third-order valence-corrected chi connectivity index (χ3v) is 4.83. The second-order valence-electron chi connectivity index (χ2n) is 6.99. The summed E-state index contributed by atoms with van der Waals surface area (Å²) in [5.41, 5.74) is 3.85. The average Bonchev–Trinajstić information content (AvgIpc) is 2.96. The van der Waals surface area contributed by atoms with Crippen molar-refractivity contribution in [2.24, 2.45) is 4.99 Å². The summed E-state index contributed by atoms with van der Waals surface area (Å²) in [5, 5.41) is 33.5. The Kier molecular flexibility index (Phi) is 5.72. The molecule has 8 heteroatoms. The van der Waals surface area contributed by atoms with Crippen molar-refractivity contribution in [3.8, 4) is 6.07 Å². The summed E-state index contributed by atoms with van der Waals surface area (Å²) >= 11 is 0. The first kappa shape index (κ1) is 20.5. The lowest BCUT2D eigenvalue weighted by molar-refractivity contribution is -0.117. The molecule has 0 spiro atoms. The van der Waals surface area contributed by atoms with Crippen LogP contribution in [0.4, 0.5) is 5.69 Å². The molecule has 156 valence electrons. The number of fused-ring (bicyclic) bond motifs is 1. The first-order valence-electron chi connectivity index (χ1n) is 9.80. The van der Waals surface area contributed by atoms with Crippen LogP contribution in [0.5, 0.6) is 0 Å². The van der Waals surface area contributed by atoms with E-state index >= 15 is 0 Å². The number of hydrogen-bond acceptors (Lipinski definition) is 5. The van der Waals surface area contributed by atoms with E-state index < -0.39 is 12.1 Å². The topological polar surface area (TPSA) is 137 Å². The van der Waals surface area contributed by atoms with Gasteiger partial charge in [0.15, 0.2) is 5.96 Å². The summed E-state index contributed by atoms with van der Waals surface area (Å²) in [6.45, 7) is 0. The fourth-order valence-corrected chi connectivity index (χ4v) is 3.26. The number of rotatable bonds is 3. The molecule has 3 aromatic rings. The van der Waals surface area contributed by atoms with Crippen molar-refractivity contribution in [1.82, 2.24) is 10.6 Å². The number of benzodiazepines with no additional fused rings is 1. The van der Waals surface area contributed by atoms with Crippen LogP contribution in [-0.4, -0.2) is 29.6 Å². The first-order valence-corrected chi connectivity index (χ1v) is 9.80. The molecule has 0 fully saturated rings. The number of amides is 1. The SMILES string of the molecule is N#Cc1ccc(C(=N)NC(=N)NC2N=C(c3ccccc3)c3ccccc3NC2=O)cc1. The van der Waals surface area contributed by atoms with Gasteiger partial charge in [0.2, 0.25) is 6.17 Å². The van der Waals surface area contributed by atoms with Crippen molar-refractivity contribution >= 4 is 29.1 Å². The van der Waals surface area contributed by atoms with Gasteiger partial charge < -0.3 is 16.0 Å². The van der Waals surface area contributed by atoms with Crippen molar-refractivity contribution in [2.45, 2.75) is 6.17 Å². The molecule has 0 radical (unpaired) electrons. The summed E-state index contributed by atoms with van der Waals surface area (Å²) in [4.78, 5) is 17.4. The predicted octanol–water partition coefficient (Wildman–Crippen LogP) is 2.81. The number of para-hydroxylation sites is 1. The van der Waals surface area contributed by atoms with Crippen LogP contribution in [0.15, 0.2) is 83.9 Å². The Morgan fingerprint density at radius 1 is 0.969 bits per heavy atom. The molecular weight excluding hydrogens is 402 g/mol. The Morgan fingerprint density at radius 3 is 2.38 bits per heavy atom. The predicted molar refractivity (Wildman–Crippen MR) is 123 cm³/mol. The summed E-state index contributed by atoms with van der Waals surface area (Å²) < 4.78 is 0. The minimum atomic E-state index is -1.08. The van der Waals surface area contributed by atoms with Gasteiger partial charge in [-0.05, 0) is 30.3 Å². The van der Waals surface area contributed by atoms with Crippen LogP contribution in [0.25, 0.3) is 0 Å². The molecule has 1 unspecified atom stereocenters. The summed E-state index contributed by atoms with van der Waals surface area (Å²) in [6.07, 6.45) is -1.08. The van der Waals surface area contributed by atoms with Gasteiger partial charge in [-0.15, -0.1) is 0 Å². The van der Waals surface area contributed by atoms with Gasteiger partial charge in [0, 0.05) is 16.7 Å². The zero-order valence-electron chi connectivity index (χ0n) is 16.9. The van der Waals surface area contributed by atoms with Gasteiger partial charge in [0.05, 0.1) is 23.0 Å². The van der Waals surface area contributed by atoms with E-state index in [0.717, 1.165) is 11.1 Å². The van der Waals surface area contributed by atoms with Crippen molar-refractivity contribution in [3.63, 3.8) is 0 Å². The molecule has 5 N–H and O–H groups in total. The first-order chi connectivity index (χ1) is 15.5. The highest BCUT2D eigenvalue weighted by Crippen LogP contribution is 2.23. The number of hydrogen-bond donors (Lipinski definition) is 5. The van der Waals surface area contributed by atoms with Crippen LogP contribution in [0.2, 0.25) is 0 Å². The number of nitrogens with one attached hydrogen (secondary N) is 5. The largest absolute Gasteiger partial charge is 0.327 e. The third kappa shape index (κ3) is 4.37. The van der Waals surface area contributed by atoms with Gasteiger partial charge in [0.25, 0.3) is 5.91 Å². The Hall–Kier alpha value is -4.77. The lowest BCUT2D eigenvalue weighted by Gasteiger charge is -2.16. The Morgan fingerprint density at radius 2 is 1.66 bits per heavy atom. The second kappa shape index (κ2) is 8.93. The van der Waals surface area contributed by atoms with Gasteiger partial charge >= 0.3 is 0 Å². The number of anilines is 1. The van der Waals surface area contributed by atoms with E-state index in [9.17, 15) is 4.79 Å². The van der Waals surface area contributed by atoms with Gasteiger partial charge in [0.1, 0.15) is 5.84 Å². The van der Waals surface area contributed by atoms with Gasteiger partial charge in [-0.1, -0.05) is 48.5 Å². The van der Waals surface area contributed by atoms with E-state index in [1.807, 2.05) is 54.6 Å². The Balaban J connectivity index is 1.57. The highest BCUT2D eigenvalue weighted by Gasteiger charge is 2.26. The highest BCUT2D eigenvalue weighted by atomic mass is 16.2. The molecule has 1 amide bonds. The van der Waals surface area contributed by atoms with E-state index in [2.05, 4.69) is 20.9 Å². The average molecular weight is 421 g/mol. The Labute approximate surface area is 184 Å². The van der Waals surface area contributed by atoms with Crippen LogP contribution in [0, 0.1) is 22.1 Å². The van der Waals surface area contributed by atoms with Crippen molar-refractivity contribution in [1.29, 1.82) is 16.1 Å². The number of carbonyl (C=O) groups is 1. The molecule has 0 saturated heterocycles. The summed E-state index contributed by atoms with van der Waals surface area (Å²) in [5.74, 6) is -0.710. The molecule has 0 bridgehead atoms. The van der Waals surface area contributed by atoms with Crippen LogP contribution in [0.3, 0.4) is 0 Å². The van der Waals surface area contributed by atoms with Crippen LogP contribution in [0.1, 0.15) is 22.3 Å². The maximum absolute atomic E-state index is 12.8. The maximum Gasteiger partial charge on any atom is 0.269 e. The minimum Gasteiger partial charge on any atom is -0.327 e. The second-order valence-corrected chi connectivity index (χ2v) is 6.99. The quantitative estimate of drug-likeness (QED) is 0.328. The van der Waals surface area contributed by atoms with Crippen LogP contribution >= 0.6 is 0 Å². The number of aliphatic imine (C=N–C) groups is 1. The third-order valence-electron chi connectivity index (χ3n) is 4.83. The van der Waals surface area contributed by atoms with E-state index in [0.29, 0.717) is 22.5 Å². The zero-order chi connectivity index (χ0) is 22.5. The molecular formula is C24H19N7O. The number of amidine groups is 1. The fraction of sp³-hybridized carbons (Fsp3) is 0.0417. The normalized spacial score (nSPS) is 14.7. The van der Waals surface area contributed by atoms with E-state index in [1.165, 1.54) is 0 Å². The standard InChI is InChI=1S/C24H19N7O/c25-14-15-10-12-17(13-11-15)21(26)30-24(27)31-22-23(32)28-19-9-5-4-8-18(19)20(29-22)16-6-2-1-3-7-16/h1-13,22H,(H,28,32)(H4,26,27,30,31). The van der Waals surface area contributed by atoms with Crippen LogP contribution < -0.4 is 16.0 Å². The molecule has 3 aromatic carbocycles. The molecule has 0 aliphatic carbocycles. The number of nitriles is 1. The van der Waals surface area contributed by atoms with Crippen molar-refractivity contribution in [3.05, 3.63) is 101 Å². The monoisotopic (exact) mass is 421 g/mol. The summed E-state index contributed by atoms with van der Waals surface area (Å²) in [6, 6.07) is 25.3. The molecule has 8 nitrogen and oxygen atoms in total. The van der Waals surface area contributed by atoms with Crippen LogP contribution in [-0.2, 0) is 4.79 Å². The smallest absolute Gasteiger partial charge is 0.269 e. The molecule has 1 aliphatic rings. The van der Waals surface area contributed by atoms with Gasteiger partial charge in [-0.25, -0.2) is 4.99 Å². The number of nitrogens with zero attached hydrogens (tertiary/aromatic N) is 2. The van der Waals surface area contributed by atoms with E-state index in [4.69, 9.17) is 16.1 Å². The number of carbonyl (C=O) groups excluding carboxylic acids is 1. The Bertz CT molecular complexity index is 1260. The summed E-state index contributed by atoms with van der Waals surface area (Å²) in [7, 11) is 0. The van der Waals surface area contributed by atoms with Gasteiger partial charge in [-0.3, -0.25) is 15.6 Å². The molecule has 1 heterocycles. The zero-order valence-corrected chi connectivity index (χ0v) is 16.9. The molecule has 32 heavy (non-hydrogen) atoms. The minimum absolute atomic E-state index is 0.0448. The van der Waals surface area contributed by atoms with E-state index in [-0.39, 0.29) is 11.8 Å². The lowest BCUT2D eigenvalue weighted by atomic mass is 10.0. The fourth-order valence-electron chi connectivity index (χ4n) is 3.26. The number of benzene rings is 3. The number of guanidine groups is 1. The molecule has 0 saturated carbocycles. The van der Waals surface area contributed by atoms with E-state index in [1.54, 1.807) is 30.3 Å². The maximum atomic E-state index is 12.8. The molecule has 0 aromatic heterocycles. The molecule has 1 aliphatic heterocycles. The molecule has 1 atom stereocenters. The van der Waals surface area contributed by atoms with Crippen molar-refractivity contribution < 1.29 is 4.79 Å². The lowest BCUT2D eigenvalue weighted by Crippen LogP contribution is -2.49. The van der Waals surface area contributed by atoms with Crippen molar-refractivity contribution in [2.75, 3.05) is 5.32 Å². The molecule has 4 rings (SSSR count). The highest BCUT2D eigenvalue weighted by molar-refractivity contribution is 6.20. The van der Waals surface area contributed by atoms with Gasteiger partial charge in [-0.2, -0.15) is 5.26 Å².